The number of nitrogens with one attached hydrogen (secondary N) is 1. The third-order valence-corrected chi connectivity index (χ3v) is 15.8. The Morgan fingerprint density at radius 3 is 1.27 bits per heavy atom. The van der Waals surface area contributed by atoms with Crippen LogP contribution in [0.5, 0.6) is 0 Å². The molecule has 0 aliphatic carbocycles. The van der Waals surface area contributed by atoms with Crippen LogP contribution in [0, 0.1) is 55.2 Å². The average molecular weight is 858 g/mol. The van der Waals surface area contributed by atoms with Crippen molar-refractivity contribution < 1.29 is 19.2 Å². The Labute approximate surface area is 380 Å². The molecule has 0 spiro atoms. The summed E-state index contributed by atoms with van der Waals surface area (Å²) in [6.07, 6.45) is 6.27. The lowest BCUT2D eigenvalue weighted by atomic mass is 9.59. The maximum atomic E-state index is 13.5. The Balaban J connectivity index is 1.45. The quantitative estimate of drug-likeness (QED) is 0.0713. The minimum absolute atomic E-state index is 0.0775. The van der Waals surface area contributed by atoms with Crippen molar-refractivity contribution in [1.29, 1.82) is 0 Å². The van der Waals surface area contributed by atoms with Crippen LogP contribution in [0.3, 0.4) is 0 Å². The first-order chi connectivity index (χ1) is 27.9. The second kappa shape index (κ2) is 19.2. The third kappa shape index (κ3) is 14.0. The fourth-order valence-corrected chi connectivity index (χ4v) is 10.6. The molecule has 2 saturated heterocycles. The summed E-state index contributed by atoms with van der Waals surface area (Å²) in [4.78, 5) is 56.0. The van der Waals surface area contributed by atoms with Crippen molar-refractivity contribution in [1.82, 2.24) is 15.1 Å². The molecule has 2 aliphatic heterocycles. The topological polar surface area (TPSA) is 86.8 Å². The van der Waals surface area contributed by atoms with Gasteiger partial charge < -0.3 is 5.32 Å². The first-order valence-electron chi connectivity index (χ1n) is 23.7. The minimum atomic E-state index is -0.349. The maximum absolute atomic E-state index is 13.5. The summed E-state index contributed by atoms with van der Waals surface area (Å²) < 4.78 is 0. The number of likely N-dealkylation sites (tertiary alicyclic amines) is 2. The van der Waals surface area contributed by atoms with Crippen molar-refractivity contribution in [3.05, 3.63) is 59.7 Å². The lowest BCUT2D eigenvalue weighted by molar-refractivity contribution is -0.140. The van der Waals surface area contributed by atoms with E-state index < -0.39 is 0 Å². The van der Waals surface area contributed by atoms with Crippen LogP contribution in [-0.2, 0) is 32.1 Å². The van der Waals surface area contributed by atoms with Crippen LogP contribution >= 0.6 is 0 Å². The molecule has 4 amide bonds. The summed E-state index contributed by atoms with van der Waals surface area (Å²) >= 11 is 0. The van der Waals surface area contributed by atoms with Gasteiger partial charge in [0.15, 0.2) is 0 Å². The molecule has 1 N–H and O–H groups in total. The van der Waals surface area contributed by atoms with Crippen LogP contribution in [-0.4, -0.2) is 53.1 Å². The van der Waals surface area contributed by atoms with Gasteiger partial charge in [-0.1, -0.05) is 173 Å². The molecule has 1 aromatic rings. The first-order valence-corrected chi connectivity index (χ1v) is 23.7. The van der Waals surface area contributed by atoms with Crippen LogP contribution in [0.4, 0.5) is 0 Å². The van der Waals surface area contributed by atoms with E-state index >= 15 is 0 Å². The van der Waals surface area contributed by atoms with Crippen LogP contribution < -0.4 is 5.32 Å². The van der Waals surface area contributed by atoms with Gasteiger partial charge in [0.2, 0.25) is 23.6 Å². The number of hydrogen-bond acceptors (Lipinski definition) is 5. The Bertz CT molecular complexity index is 1790. The van der Waals surface area contributed by atoms with E-state index in [0.29, 0.717) is 45.4 Å². The molecular weight excluding hydrogens is 767 g/mol. The number of allylic oxidation sites excluding steroid dienone is 2. The lowest BCUT2D eigenvalue weighted by Gasteiger charge is -2.46. The number of benzene rings is 1. The maximum Gasteiger partial charge on any atom is 0.233 e. The van der Waals surface area contributed by atoms with E-state index in [0.717, 1.165) is 48.0 Å². The molecule has 62 heavy (non-hydrogen) atoms. The molecule has 2 unspecified atom stereocenters. The summed E-state index contributed by atoms with van der Waals surface area (Å²) in [5.74, 6) is -1.06. The number of nitrogens with zero attached hydrogens (tertiary/aromatic N) is 2. The van der Waals surface area contributed by atoms with Crippen LogP contribution in [0.15, 0.2) is 48.6 Å². The zero-order valence-electron chi connectivity index (χ0n) is 43.1. The largest absolute Gasteiger partial charge is 0.311 e. The van der Waals surface area contributed by atoms with Gasteiger partial charge in [0.05, 0.1) is 11.8 Å². The van der Waals surface area contributed by atoms with Crippen molar-refractivity contribution in [2.45, 2.75) is 189 Å². The molecule has 7 heteroatoms. The van der Waals surface area contributed by atoms with Crippen molar-refractivity contribution in [2.24, 2.45) is 55.2 Å². The Morgan fingerprint density at radius 1 is 0.548 bits per heavy atom. The second-order valence-corrected chi connectivity index (χ2v) is 26.0. The first kappa shape index (κ1) is 53.3. The van der Waals surface area contributed by atoms with Gasteiger partial charge in [-0.05, 0) is 99.4 Å². The summed E-state index contributed by atoms with van der Waals surface area (Å²) in [5.41, 5.74) is 4.80. The standard InChI is InChI=1S/C55H91N3O4/c1-38(52(13,14)34-50(9,10)36-54(17,18)48(3,4)5)29-42-31-44(59)57(46(42)61)27-25-40-21-23-41(24-22-40)33-56-26-28-58-45(60)32-43(47(58)62)30-39(2)53(15,16)35-51(11,12)37-55(19,20)49(6,7)8/h21-24,42-43,56H,1-2,25-37H2,3-20H3. The van der Waals surface area contributed by atoms with Crippen molar-refractivity contribution in [3.63, 3.8) is 0 Å². The Hall–Kier alpha value is -3.06. The lowest BCUT2D eigenvalue weighted by Crippen LogP contribution is -2.37. The smallest absolute Gasteiger partial charge is 0.233 e. The van der Waals surface area contributed by atoms with Gasteiger partial charge in [-0.2, -0.15) is 0 Å². The van der Waals surface area contributed by atoms with E-state index in [2.05, 4.69) is 155 Å². The fraction of sp³-hybridized carbons (Fsp3) is 0.745. The monoisotopic (exact) mass is 858 g/mol. The number of carbonyl (C=O) groups is 4. The normalized spacial score (nSPS) is 19.0. The van der Waals surface area contributed by atoms with Crippen molar-refractivity contribution in [3.8, 4) is 0 Å². The van der Waals surface area contributed by atoms with Crippen LogP contribution in [0.2, 0.25) is 0 Å². The fourth-order valence-electron chi connectivity index (χ4n) is 10.6. The molecular formula is C55H91N3O4. The molecule has 350 valence electrons. The molecule has 0 radical (unpaired) electrons. The molecule has 7 nitrogen and oxygen atoms in total. The van der Waals surface area contributed by atoms with Gasteiger partial charge in [-0.15, -0.1) is 0 Å². The van der Waals surface area contributed by atoms with Crippen molar-refractivity contribution in [2.75, 3.05) is 19.6 Å². The third-order valence-electron chi connectivity index (χ3n) is 15.8. The molecule has 2 aliphatic rings. The molecule has 1 aromatic carbocycles. The number of imide groups is 2. The SMILES string of the molecule is C=C(CC1CC(=O)N(CCNCc2ccc(CCN3C(=O)CC(CC(=C)C(C)(C)CC(C)(C)CC(C)(C)C(C)(C)C)C3=O)cc2)C1=O)C(C)(C)CC(C)(C)CC(C)(C)C(C)(C)C. The van der Waals surface area contributed by atoms with Crippen molar-refractivity contribution >= 4 is 23.6 Å². The van der Waals surface area contributed by atoms with Gasteiger partial charge in [0.25, 0.3) is 0 Å². The van der Waals surface area contributed by atoms with Gasteiger partial charge >= 0.3 is 0 Å². The molecule has 2 fully saturated rings. The number of rotatable bonds is 22. The van der Waals surface area contributed by atoms with Gasteiger partial charge in [-0.25, -0.2) is 0 Å². The molecule has 2 heterocycles. The Kier molecular flexibility index (Phi) is 16.5. The van der Waals surface area contributed by atoms with Gasteiger partial charge in [0, 0.05) is 39.0 Å². The van der Waals surface area contributed by atoms with E-state index in [1.54, 1.807) is 0 Å². The van der Waals surface area contributed by atoms with Gasteiger partial charge in [-0.3, -0.25) is 29.0 Å². The molecule has 2 atom stereocenters. The average Bonchev–Trinajstić information content (AvgIpc) is 3.49. The van der Waals surface area contributed by atoms with Crippen LogP contribution in [0.1, 0.15) is 187 Å². The number of carbonyl (C=O) groups excluding carboxylic acids is 4. The predicted octanol–water partition coefficient (Wildman–Crippen LogP) is 12.8. The molecule has 0 aromatic heterocycles. The second-order valence-electron chi connectivity index (χ2n) is 26.0. The zero-order chi connectivity index (χ0) is 47.7. The summed E-state index contributed by atoms with van der Waals surface area (Å²) in [6, 6.07) is 8.20. The predicted molar refractivity (Wildman–Crippen MR) is 259 cm³/mol. The molecule has 0 saturated carbocycles. The highest BCUT2D eigenvalue weighted by Gasteiger charge is 2.45. The minimum Gasteiger partial charge on any atom is -0.311 e. The molecule has 3 rings (SSSR count). The van der Waals surface area contributed by atoms with E-state index in [1.165, 1.54) is 9.80 Å². The van der Waals surface area contributed by atoms with E-state index in [-0.39, 0.29) is 91.6 Å². The highest BCUT2D eigenvalue weighted by atomic mass is 16.2. The summed E-state index contributed by atoms with van der Waals surface area (Å²) in [5, 5.41) is 3.40. The zero-order valence-corrected chi connectivity index (χ0v) is 43.1. The number of hydrogen-bond donors (Lipinski definition) is 1. The van der Waals surface area contributed by atoms with Crippen LogP contribution in [0.25, 0.3) is 0 Å². The molecule has 0 bridgehead atoms. The van der Waals surface area contributed by atoms with Gasteiger partial charge in [0.1, 0.15) is 0 Å². The Morgan fingerprint density at radius 2 is 0.903 bits per heavy atom. The highest BCUT2D eigenvalue weighted by molar-refractivity contribution is 6.04. The van der Waals surface area contributed by atoms with E-state index in [1.807, 2.05) is 12.1 Å². The highest BCUT2D eigenvalue weighted by Crippen LogP contribution is 2.53. The summed E-state index contributed by atoms with van der Waals surface area (Å²) in [6.45, 7) is 52.4. The van der Waals surface area contributed by atoms with E-state index in [9.17, 15) is 19.2 Å². The summed E-state index contributed by atoms with van der Waals surface area (Å²) in [7, 11) is 0. The van der Waals surface area contributed by atoms with E-state index in [4.69, 9.17) is 0 Å². The number of amides is 4.